The summed E-state index contributed by atoms with van der Waals surface area (Å²) in [5.74, 6) is -2.10. The first kappa shape index (κ1) is 18.6. The second-order valence-electron chi connectivity index (χ2n) is 5.55. The largest absolute Gasteiger partial charge is 0.545 e. The Hall–Kier alpha value is -3.20. The Morgan fingerprint density at radius 2 is 1.74 bits per heavy atom. The van der Waals surface area contributed by atoms with Gasteiger partial charge in [-0.3, -0.25) is 9.69 Å². The number of thiocarbonyl (C=S) groups is 1. The third kappa shape index (κ3) is 3.68. The number of aromatic carboxylic acids is 1. The second kappa shape index (κ2) is 6.84. The second-order valence-corrected chi connectivity index (χ2v) is 5.94. The maximum atomic E-state index is 13.2. The van der Waals surface area contributed by atoms with E-state index in [0.29, 0.717) is 5.56 Å². The average Bonchev–Trinajstić information content (AvgIpc) is 2.88. The molecule has 5 nitrogen and oxygen atoms in total. The number of nitrogens with one attached hydrogen (secondary N) is 1. The fraction of sp³-hybridized carbons (Fsp3) is 0.0556. The lowest BCUT2D eigenvalue weighted by Gasteiger charge is -2.19. The Balaban J connectivity index is 1.96. The van der Waals surface area contributed by atoms with Crippen LogP contribution in [0.25, 0.3) is 6.08 Å². The highest BCUT2D eigenvalue weighted by atomic mass is 32.1. The number of anilines is 1. The predicted octanol–water partition coefficient (Wildman–Crippen LogP) is 2.33. The van der Waals surface area contributed by atoms with E-state index < -0.39 is 23.6 Å². The number of carbonyl (C=O) groups is 2. The first-order chi connectivity index (χ1) is 12.7. The van der Waals surface area contributed by atoms with Crippen LogP contribution >= 0.6 is 12.2 Å². The molecule has 3 rings (SSSR count). The summed E-state index contributed by atoms with van der Waals surface area (Å²) in [6, 6.07) is 10.1. The van der Waals surface area contributed by atoms with Gasteiger partial charge >= 0.3 is 6.18 Å². The summed E-state index contributed by atoms with van der Waals surface area (Å²) in [6.45, 7) is 0. The molecule has 9 heteroatoms. The lowest BCUT2D eigenvalue weighted by atomic mass is 10.1. The number of carbonyl (C=O) groups excluding carboxylic acids is 2. The molecular weight excluding hydrogens is 381 g/mol. The Kier molecular flexibility index (Phi) is 4.71. The summed E-state index contributed by atoms with van der Waals surface area (Å²) in [5.41, 5.74) is -0.966. The lowest BCUT2D eigenvalue weighted by molar-refractivity contribution is -0.255. The smallest absolute Gasteiger partial charge is 0.418 e. The molecule has 1 aliphatic rings. The van der Waals surface area contributed by atoms with Gasteiger partial charge in [-0.15, -0.1) is 0 Å². The van der Waals surface area contributed by atoms with Crippen molar-refractivity contribution >= 4 is 41.0 Å². The fourth-order valence-corrected chi connectivity index (χ4v) is 2.84. The molecule has 138 valence electrons. The number of nitrogens with zero attached hydrogens (tertiary/aromatic N) is 1. The number of hydrogen-bond acceptors (Lipinski definition) is 4. The van der Waals surface area contributed by atoms with Crippen LogP contribution in [0.5, 0.6) is 0 Å². The van der Waals surface area contributed by atoms with Crippen molar-refractivity contribution in [1.29, 1.82) is 0 Å². The lowest BCUT2D eigenvalue weighted by Crippen LogP contribution is -2.32. The monoisotopic (exact) mass is 391 g/mol. The molecule has 1 fully saturated rings. The van der Waals surface area contributed by atoms with Gasteiger partial charge in [-0.05, 0) is 41.6 Å². The van der Waals surface area contributed by atoms with Gasteiger partial charge in [0.05, 0.1) is 17.2 Å². The molecule has 2 aromatic carbocycles. The minimum absolute atomic E-state index is 0.0295. The molecule has 0 saturated carbocycles. The van der Waals surface area contributed by atoms with Crippen molar-refractivity contribution in [2.75, 3.05) is 4.90 Å². The molecule has 0 spiro atoms. The van der Waals surface area contributed by atoms with Gasteiger partial charge in [-0.2, -0.15) is 13.2 Å². The molecule has 1 saturated heterocycles. The number of para-hydroxylation sites is 1. The van der Waals surface area contributed by atoms with Gasteiger partial charge in [0, 0.05) is 0 Å². The Morgan fingerprint density at radius 3 is 2.33 bits per heavy atom. The van der Waals surface area contributed by atoms with E-state index >= 15 is 0 Å². The van der Waals surface area contributed by atoms with Crippen LogP contribution in [0.1, 0.15) is 21.5 Å². The van der Waals surface area contributed by atoms with Gasteiger partial charge in [0.2, 0.25) is 0 Å². The quantitative estimate of drug-likeness (QED) is 0.642. The van der Waals surface area contributed by atoms with Gasteiger partial charge in [0.25, 0.3) is 5.91 Å². The molecule has 2 aromatic rings. The van der Waals surface area contributed by atoms with Crippen molar-refractivity contribution in [3.8, 4) is 0 Å². The number of carboxylic acid groups (broad SMARTS) is 1. The van der Waals surface area contributed by atoms with Crippen LogP contribution in [-0.4, -0.2) is 17.0 Å². The van der Waals surface area contributed by atoms with Crippen LogP contribution in [0.4, 0.5) is 18.9 Å². The predicted molar refractivity (Wildman–Crippen MR) is 93.4 cm³/mol. The Labute approximate surface area is 156 Å². The van der Waals surface area contributed by atoms with E-state index in [1.165, 1.54) is 42.5 Å². The van der Waals surface area contributed by atoms with Crippen LogP contribution in [0.2, 0.25) is 0 Å². The molecule has 0 aliphatic carbocycles. The van der Waals surface area contributed by atoms with Crippen LogP contribution in [0.3, 0.4) is 0 Å². The van der Waals surface area contributed by atoms with Gasteiger partial charge in [0.1, 0.15) is 5.70 Å². The molecular formula is C18H10F3N2O3S-. The average molecular weight is 391 g/mol. The van der Waals surface area contributed by atoms with Crippen LogP contribution < -0.4 is 15.3 Å². The van der Waals surface area contributed by atoms with Crippen molar-refractivity contribution in [2.45, 2.75) is 6.18 Å². The molecule has 0 radical (unpaired) electrons. The molecule has 1 aliphatic heterocycles. The molecule has 0 unspecified atom stereocenters. The number of benzene rings is 2. The highest BCUT2D eigenvalue weighted by Crippen LogP contribution is 2.37. The summed E-state index contributed by atoms with van der Waals surface area (Å²) in [5, 5.41) is 13.2. The standard InChI is InChI=1S/C18H11F3N2O3S/c19-18(20,21)12-3-1-2-4-14(12)23-15(24)13(22-17(23)27)9-10-5-7-11(8-6-10)16(25)26/h1-9H,(H,22,27)(H,25,26)/p-1/b13-9-. The minimum Gasteiger partial charge on any atom is -0.545 e. The zero-order chi connectivity index (χ0) is 19.8. The SMILES string of the molecule is O=C([O-])c1ccc(/C=C2\NC(=S)N(c3ccccc3C(F)(F)F)C2=O)cc1. The number of halogens is 3. The summed E-state index contributed by atoms with van der Waals surface area (Å²) in [7, 11) is 0. The molecule has 27 heavy (non-hydrogen) atoms. The maximum Gasteiger partial charge on any atom is 0.418 e. The number of rotatable bonds is 3. The van der Waals surface area contributed by atoms with Crippen molar-refractivity contribution in [2.24, 2.45) is 0 Å². The van der Waals surface area contributed by atoms with Gasteiger partial charge < -0.3 is 15.2 Å². The summed E-state index contributed by atoms with van der Waals surface area (Å²) in [4.78, 5) is 24.1. The van der Waals surface area contributed by atoms with E-state index in [2.05, 4.69) is 5.32 Å². The van der Waals surface area contributed by atoms with Crippen molar-refractivity contribution < 1.29 is 27.9 Å². The van der Waals surface area contributed by atoms with E-state index in [-0.39, 0.29) is 22.1 Å². The summed E-state index contributed by atoms with van der Waals surface area (Å²) >= 11 is 5.03. The van der Waals surface area contributed by atoms with E-state index in [1.807, 2.05) is 0 Å². The highest BCUT2D eigenvalue weighted by molar-refractivity contribution is 7.80. The highest BCUT2D eigenvalue weighted by Gasteiger charge is 2.40. The van der Waals surface area contributed by atoms with E-state index in [4.69, 9.17) is 12.2 Å². The van der Waals surface area contributed by atoms with Crippen molar-refractivity contribution in [1.82, 2.24) is 5.32 Å². The minimum atomic E-state index is -4.65. The number of amides is 1. The van der Waals surface area contributed by atoms with Gasteiger partial charge in [0.15, 0.2) is 5.11 Å². The third-order valence-electron chi connectivity index (χ3n) is 3.79. The number of hydrogen-bond donors (Lipinski definition) is 1. The maximum absolute atomic E-state index is 13.2. The zero-order valence-corrected chi connectivity index (χ0v) is 14.2. The van der Waals surface area contributed by atoms with Crippen LogP contribution in [0, 0.1) is 0 Å². The topological polar surface area (TPSA) is 72.5 Å². The van der Waals surface area contributed by atoms with Crippen molar-refractivity contribution in [3.05, 3.63) is 70.9 Å². The molecule has 1 N–H and O–H groups in total. The summed E-state index contributed by atoms with van der Waals surface area (Å²) < 4.78 is 39.7. The molecule has 1 heterocycles. The molecule has 0 bridgehead atoms. The molecule has 0 atom stereocenters. The van der Waals surface area contributed by atoms with E-state index in [9.17, 15) is 27.9 Å². The Bertz CT molecular complexity index is 969. The third-order valence-corrected chi connectivity index (χ3v) is 4.07. The summed E-state index contributed by atoms with van der Waals surface area (Å²) in [6.07, 6.45) is -3.29. The van der Waals surface area contributed by atoms with E-state index in [0.717, 1.165) is 17.0 Å². The van der Waals surface area contributed by atoms with Crippen LogP contribution in [0.15, 0.2) is 54.2 Å². The van der Waals surface area contributed by atoms with Crippen molar-refractivity contribution in [3.63, 3.8) is 0 Å². The van der Waals surface area contributed by atoms with Gasteiger partial charge in [-0.1, -0.05) is 36.4 Å². The number of carboxylic acids is 1. The van der Waals surface area contributed by atoms with E-state index in [1.54, 1.807) is 0 Å². The fourth-order valence-electron chi connectivity index (χ4n) is 2.54. The van der Waals surface area contributed by atoms with Gasteiger partial charge in [-0.25, -0.2) is 0 Å². The molecule has 0 aromatic heterocycles. The molecule has 1 amide bonds. The number of alkyl halides is 3. The zero-order valence-electron chi connectivity index (χ0n) is 13.4. The van der Waals surface area contributed by atoms with Crippen LogP contribution in [-0.2, 0) is 11.0 Å². The Morgan fingerprint density at radius 1 is 1.11 bits per heavy atom. The normalized spacial score (nSPS) is 16.0. The first-order valence-electron chi connectivity index (χ1n) is 7.53. The first-order valence-corrected chi connectivity index (χ1v) is 7.94.